The second-order valence-electron chi connectivity index (χ2n) is 3.55. The molecule has 0 aliphatic carbocycles. The van der Waals surface area contributed by atoms with Crippen LogP contribution in [0.5, 0.6) is 0 Å². The van der Waals surface area contributed by atoms with Gasteiger partial charge in [-0.05, 0) is 5.56 Å². The van der Waals surface area contributed by atoms with Gasteiger partial charge in [0.25, 0.3) is 0 Å². The molecule has 0 saturated carbocycles. The van der Waals surface area contributed by atoms with Crippen molar-refractivity contribution in [1.29, 1.82) is 0 Å². The summed E-state index contributed by atoms with van der Waals surface area (Å²) in [4.78, 5) is 10.8. The molecule has 0 heterocycles. The van der Waals surface area contributed by atoms with Crippen LogP contribution >= 0.6 is 11.8 Å². The molecule has 1 atom stereocenters. The van der Waals surface area contributed by atoms with Crippen molar-refractivity contribution < 1.29 is 9.90 Å². The van der Waals surface area contributed by atoms with Crippen molar-refractivity contribution in [2.45, 2.75) is 19.5 Å². The molecule has 0 saturated heterocycles. The Kier molecular flexibility index (Phi) is 6.15. The minimum atomic E-state index is -0.0332. The fraction of sp³-hybridized carbons (Fsp3) is 0.417. The minimum absolute atomic E-state index is 0.0332. The van der Waals surface area contributed by atoms with Gasteiger partial charge in [-0.1, -0.05) is 42.1 Å². The highest BCUT2D eigenvalue weighted by Crippen LogP contribution is 2.05. The third-order valence-electron chi connectivity index (χ3n) is 2.15. The molecule has 1 rings (SSSR count). The Morgan fingerprint density at radius 3 is 2.69 bits per heavy atom. The van der Waals surface area contributed by atoms with E-state index in [9.17, 15) is 4.79 Å². The highest BCUT2D eigenvalue weighted by Gasteiger charge is 2.08. The van der Waals surface area contributed by atoms with Crippen LogP contribution < -0.4 is 5.32 Å². The van der Waals surface area contributed by atoms with E-state index in [-0.39, 0.29) is 17.8 Å². The Balaban J connectivity index is 2.31. The van der Waals surface area contributed by atoms with Crippen LogP contribution in [0.4, 0.5) is 0 Å². The zero-order valence-corrected chi connectivity index (χ0v) is 10.2. The van der Waals surface area contributed by atoms with Gasteiger partial charge in [0, 0.05) is 25.3 Å². The van der Waals surface area contributed by atoms with Gasteiger partial charge in [0.1, 0.15) is 0 Å². The van der Waals surface area contributed by atoms with E-state index in [0.717, 1.165) is 0 Å². The molecule has 3 nitrogen and oxygen atoms in total. The predicted molar refractivity (Wildman–Crippen MR) is 67.3 cm³/mol. The van der Waals surface area contributed by atoms with Gasteiger partial charge in [-0.25, -0.2) is 0 Å². The molecule has 1 aromatic rings. The molecule has 16 heavy (non-hydrogen) atoms. The van der Waals surface area contributed by atoms with Crippen molar-refractivity contribution in [2.24, 2.45) is 0 Å². The van der Waals surface area contributed by atoms with E-state index in [2.05, 4.69) is 5.32 Å². The van der Waals surface area contributed by atoms with Crippen LogP contribution in [0.1, 0.15) is 12.5 Å². The van der Waals surface area contributed by atoms with Crippen LogP contribution in [0, 0.1) is 0 Å². The molecule has 1 unspecified atom stereocenters. The molecule has 2 N–H and O–H groups in total. The highest BCUT2D eigenvalue weighted by molar-refractivity contribution is 8.13. The third-order valence-corrected chi connectivity index (χ3v) is 3.12. The number of aliphatic hydroxyl groups excluding tert-OH is 1. The molecule has 0 bridgehead atoms. The minimum Gasteiger partial charge on any atom is -0.395 e. The van der Waals surface area contributed by atoms with Gasteiger partial charge in [-0.2, -0.15) is 0 Å². The number of carbonyl (C=O) groups is 1. The Hall–Kier alpha value is -0.840. The second kappa shape index (κ2) is 7.44. The molecule has 1 aromatic carbocycles. The fourth-order valence-corrected chi connectivity index (χ4v) is 1.91. The van der Waals surface area contributed by atoms with Crippen molar-refractivity contribution in [3.8, 4) is 0 Å². The summed E-state index contributed by atoms with van der Waals surface area (Å²) in [6.45, 7) is 2.30. The van der Waals surface area contributed by atoms with E-state index >= 15 is 0 Å². The number of nitrogens with one attached hydrogen (secondary N) is 1. The standard InChI is InChI=1S/C12H17NO2S/c1-10(15)16-9-12(8-14)13-7-11-5-3-2-4-6-11/h2-6,12-14H,7-9H2,1H3. The lowest BCUT2D eigenvalue weighted by molar-refractivity contribution is -0.109. The van der Waals surface area contributed by atoms with Crippen molar-refractivity contribution in [2.75, 3.05) is 12.4 Å². The third kappa shape index (κ3) is 5.30. The lowest BCUT2D eigenvalue weighted by atomic mass is 10.2. The highest BCUT2D eigenvalue weighted by atomic mass is 32.2. The lowest BCUT2D eigenvalue weighted by Crippen LogP contribution is -2.34. The van der Waals surface area contributed by atoms with Crippen LogP contribution in [0.3, 0.4) is 0 Å². The lowest BCUT2D eigenvalue weighted by Gasteiger charge is -2.14. The zero-order valence-electron chi connectivity index (χ0n) is 9.35. The maximum absolute atomic E-state index is 10.8. The van der Waals surface area contributed by atoms with E-state index in [1.165, 1.54) is 24.2 Å². The molecule has 0 aliphatic heterocycles. The Bertz CT molecular complexity index is 316. The van der Waals surface area contributed by atoms with Gasteiger partial charge < -0.3 is 10.4 Å². The summed E-state index contributed by atoms with van der Waals surface area (Å²) in [6, 6.07) is 9.96. The van der Waals surface area contributed by atoms with Crippen LogP contribution in [0.25, 0.3) is 0 Å². The fourth-order valence-electron chi connectivity index (χ4n) is 1.25. The average Bonchev–Trinajstić information content (AvgIpc) is 2.30. The number of aliphatic hydroxyl groups is 1. The maximum Gasteiger partial charge on any atom is 0.185 e. The van der Waals surface area contributed by atoms with E-state index in [4.69, 9.17) is 5.11 Å². The topological polar surface area (TPSA) is 49.3 Å². The number of thioether (sulfide) groups is 1. The van der Waals surface area contributed by atoms with Gasteiger partial charge >= 0.3 is 0 Å². The monoisotopic (exact) mass is 239 g/mol. The van der Waals surface area contributed by atoms with Crippen LogP contribution in [-0.4, -0.2) is 28.6 Å². The number of hydrogen-bond acceptors (Lipinski definition) is 4. The Morgan fingerprint density at radius 1 is 1.44 bits per heavy atom. The first kappa shape index (κ1) is 13.2. The first-order chi connectivity index (χ1) is 7.72. The molecule has 0 radical (unpaired) electrons. The van der Waals surface area contributed by atoms with Crippen LogP contribution in [0.2, 0.25) is 0 Å². The molecular formula is C12H17NO2S. The molecule has 0 fully saturated rings. The molecule has 0 aliphatic rings. The van der Waals surface area contributed by atoms with Gasteiger partial charge in [0.15, 0.2) is 5.12 Å². The second-order valence-corrected chi connectivity index (χ2v) is 4.75. The summed E-state index contributed by atoms with van der Waals surface area (Å²) >= 11 is 1.24. The predicted octanol–water partition coefficient (Wildman–Crippen LogP) is 1.42. The summed E-state index contributed by atoms with van der Waals surface area (Å²) < 4.78 is 0. The van der Waals surface area contributed by atoms with Gasteiger partial charge in [-0.3, -0.25) is 4.79 Å². The normalized spacial score (nSPS) is 12.4. The molecule has 0 amide bonds. The maximum atomic E-state index is 10.8. The van der Waals surface area contributed by atoms with Crippen molar-refractivity contribution in [1.82, 2.24) is 5.32 Å². The average molecular weight is 239 g/mol. The molecule has 0 aromatic heterocycles. The van der Waals surface area contributed by atoms with E-state index in [1.54, 1.807) is 0 Å². The van der Waals surface area contributed by atoms with Crippen LogP contribution in [0.15, 0.2) is 30.3 Å². The summed E-state index contributed by atoms with van der Waals surface area (Å²) in [5.41, 5.74) is 1.17. The summed E-state index contributed by atoms with van der Waals surface area (Å²) in [5.74, 6) is 0.610. The number of hydrogen-bond donors (Lipinski definition) is 2. The quantitative estimate of drug-likeness (QED) is 0.788. The van der Waals surface area contributed by atoms with Crippen molar-refractivity contribution in [3.63, 3.8) is 0 Å². The van der Waals surface area contributed by atoms with E-state index < -0.39 is 0 Å². The summed E-state index contributed by atoms with van der Waals surface area (Å²) in [5, 5.41) is 12.4. The SMILES string of the molecule is CC(=O)SCC(CO)NCc1ccccc1. The Morgan fingerprint density at radius 2 is 2.12 bits per heavy atom. The van der Waals surface area contributed by atoms with E-state index in [1.807, 2.05) is 30.3 Å². The summed E-state index contributed by atoms with van der Waals surface area (Å²) in [6.07, 6.45) is 0. The first-order valence-electron chi connectivity index (χ1n) is 5.24. The largest absolute Gasteiger partial charge is 0.395 e. The van der Waals surface area contributed by atoms with Crippen LogP contribution in [-0.2, 0) is 11.3 Å². The molecule has 4 heteroatoms. The van der Waals surface area contributed by atoms with Gasteiger partial charge in [-0.15, -0.1) is 0 Å². The zero-order chi connectivity index (χ0) is 11.8. The summed E-state index contributed by atoms with van der Waals surface area (Å²) in [7, 11) is 0. The smallest absolute Gasteiger partial charge is 0.185 e. The molecule has 0 spiro atoms. The van der Waals surface area contributed by atoms with Crippen molar-refractivity contribution >= 4 is 16.9 Å². The molecular weight excluding hydrogens is 222 g/mol. The molecule has 88 valence electrons. The number of carbonyl (C=O) groups excluding carboxylic acids is 1. The van der Waals surface area contributed by atoms with E-state index in [0.29, 0.717) is 12.3 Å². The van der Waals surface area contributed by atoms with Gasteiger partial charge in [0.05, 0.1) is 6.61 Å². The first-order valence-corrected chi connectivity index (χ1v) is 6.22. The number of rotatable bonds is 6. The Labute approximate surface area is 100 Å². The van der Waals surface area contributed by atoms with Gasteiger partial charge in [0.2, 0.25) is 0 Å². The van der Waals surface area contributed by atoms with Crippen molar-refractivity contribution in [3.05, 3.63) is 35.9 Å². The number of benzene rings is 1.